The fraction of sp³-hybridized carbons (Fsp3) is 0.200. The Kier molecular flexibility index (Phi) is 5.09. The quantitative estimate of drug-likeness (QED) is 0.635. The molecule has 0 saturated carbocycles. The number of benzene rings is 2. The van der Waals surface area contributed by atoms with Crippen LogP contribution < -0.4 is 0 Å². The minimum atomic E-state index is -0.266. The van der Waals surface area contributed by atoms with Crippen molar-refractivity contribution in [1.82, 2.24) is 0 Å². The van der Waals surface area contributed by atoms with Crippen LogP contribution in [0, 0.1) is 5.82 Å². The smallest absolute Gasteiger partial charge is 0.123 e. The molecule has 0 aliphatic heterocycles. The van der Waals surface area contributed by atoms with Gasteiger partial charge in [-0.15, -0.1) is 11.6 Å². The zero-order valence-electron chi connectivity index (χ0n) is 10.0. The minimum absolute atomic E-state index is 0.0187. The van der Waals surface area contributed by atoms with Crippen LogP contribution in [0.1, 0.15) is 17.0 Å². The third-order valence-corrected chi connectivity index (χ3v) is 4.10. The zero-order chi connectivity index (χ0) is 13.8. The first kappa shape index (κ1) is 14.6. The summed E-state index contributed by atoms with van der Waals surface area (Å²) in [6, 6.07) is 11.8. The Hall–Kier alpha value is -0.760. The third-order valence-electron chi connectivity index (χ3n) is 3.02. The molecule has 0 aromatic heterocycles. The average molecular weight is 318 g/mol. The van der Waals surface area contributed by atoms with E-state index in [0.29, 0.717) is 22.3 Å². The Morgan fingerprint density at radius 2 is 1.63 bits per heavy atom. The highest BCUT2D eigenvalue weighted by Crippen LogP contribution is 2.31. The maximum absolute atomic E-state index is 13.3. The van der Waals surface area contributed by atoms with Crippen molar-refractivity contribution >= 4 is 34.8 Å². The van der Waals surface area contributed by atoms with Crippen molar-refractivity contribution < 1.29 is 4.39 Å². The molecular weight excluding hydrogens is 306 g/mol. The van der Waals surface area contributed by atoms with Gasteiger partial charge in [0.15, 0.2) is 0 Å². The van der Waals surface area contributed by atoms with Crippen molar-refractivity contribution in [3.8, 4) is 0 Å². The summed E-state index contributed by atoms with van der Waals surface area (Å²) in [5.41, 5.74) is 1.70. The van der Waals surface area contributed by atoms with Gasteiger partial charge in [-0.2, -0.15) is 0 Å². The first-order chi connectivity index (χ1) is 9.11. The molecule has 0 bridgehead atoms. The Morgan fingerprint density at radius 3 is 2.21 bits per heavy atom. The number of alkyl halides is 1. The molecule has 2 aromatic rings. The number of rotatable bonds is 4. The molecule has 0 aliphatic carbocycles. The highest BCUT2D eigenvalue weighted by atomic mass is 35.5. The van der Waals surface area contributed by atoms with E-state index in [1.807, 2.05) is 6.07 Å². The fourth-order valence-corrected chi connectivity index (χ4v) is 2.83. The third kappa shape index (κ3) is 3.62. The second kappa shape index (κ2) is 6.60. The van der Waals surface area contributed by atoms with E-state index in [-0.39, 0.29) is 11.7 Å². The van der Waals surface area contributed by atoms with Crippen LogP contribution >= 0.6 is 34.8 Å². The monoisotopic (exact) mass is 316 g/mol. The van der Waals surface area contributed by atoms with Crippen LogP contribution in [0.5, 0.6) is 0 Å². The van der Waals surface area contributed by atoms with Crippen molar-refractivity contribution in [2.24, 2.45) is 0 Å². The van der Waals surface area contributed by atoms with E-state index >= 15 is 0 Å². The van der Waals surface area contributed by atoms with Crippen LogP contribution in [-0.2, 0) is 6.42 Å². The van der Waals surface area contributed by atoms with Gasteiger partial charge in [0.25, 0.3) is 0 Å². The first-order valence-electron chi connectivity index (χ1n) is 5.86. The van der Waals surface area contributed by atoms with Gasteiger partial charge in [0, 0.05) is 21.8 Å². The van der Waals surface area contributed by atoms with Gasteiger partial charge in [0.1, 0.15) is 5.82 Å². The van der Waals surface area contributed by atoms with E-state index < -0.39 is 0 Å². The Labute approximate surface area is 127 Å². The lowest BCUT2D eigenvalue weighted by molar-refractivity contribution is 0.621. The summed E-state index contributed by atoms with van der Waals surface area (Å²) < 4.78 is 13.3. The van der Waals surface area contributed by atoms with E-state index in [1.165, 1.54) is 12.1 Å². The van der Waals surface area contributed by atoms with Gasteiger partial charge in [-0.1, -0.05) is 41.4 Å². The number of halogens is 4. The summed E-state index contributed by atoms with van der Waals surface area (Å²) in [6.07, 6.45) is 0.589. The molecule has 0 fully saturated rings. The molecule has 0 aliphatic rings. The van der Waals surface area contributed by atoms with E-state index in [9.17, 15) is 4.39 Å². The van der Waals surface area contributed by atoms with Crippen molar-refractivity contribution in [3.63, 3.8) is 0 Å². The molecule has 0 radical (unpaired) electrons. The highest BCUT2D eigenvalue weighted by molar-refractivity contribution is 6.36. The van der Waals surface area contributed by atoms with Gasteiger partial charge in [-0.05, 0) is 41.8 Å². The largest absolute Gasteiger partial charge is 0.207 e. The summed E-state index contributed by atoms with van der Waals surface area (Å²) in [4.78, 5) is 0. The van der Waals surface area contributed by atoms with Crippen LogP contribution in [0.2, 0.25) is 10.0 Å². The first-order valence-corrected chi connectivity index (χ1v) is 7.15. The topological polar surface area (TPSA) is 0 Å². The van der Waals surface area contributed by atoms with Gasteiger partial charge in [-0.3, -0.25) is 0 Å². The van der Waals surface area contributed by atoms with Crippen LogP contribution in [0.3, 0.4) is 0 Å². The van der Waals surface area contributed by atoms with Crippen molar-refractivity contribution in [3.05, 3.63) is 69.5 Å². The molecule has 1 atom stereocenters. The molecule has 4 heteroatoms. The second-order valence-electron chi connectivity index (χ2n) is 4.31. The van der Waals surface area contributed by atoms with Crippen molar-refractivity contribution in [2.75, 3.05) is 5.88 Å². The van der Waals surface area contributed by atoms with E-state index in [1.54, 1.807) is 24.3 Å². The summed E-state index contributed by atoms with van der Waals surface area (Å²) >= 11 is 18.3. The Morgan fingerprint density at radius 1 is 1.00 bits per heavy atom. The van der Waals surface area contributed by atoms with Gasteiger partial charge in [0.05, 0.1) is 0 Å². The molecule has 19 heavy (non-hydrogen) atoms. The van der Waals surface area contributed by atoms with Crippen LogP contribution in [0.4, 0.5) is 4.39 Å². The SMILES string of the molecule is Fc1cccc(C(CCl)Cc2c(Cl)cccc2Cl)c1. The molecule has 0 saturated heterocycles. The van der Waals surface area contributed by atoms with Crippen LogP contribution in [-0.4, -0.2) is 5.88 Å². The Balaban J connectivity index is 2.29. The Bertz CT molecular complexity index is 549. The standard InChI is InChI=1S/C15H12Cl3F/c16-9-11(10-3-1-4-12(19)7-10)8-13-14(17)5-2-6-15(13)18/h1-7,11H,8-9H2. The minimum Gasteiger partial charge on any atom is -0.207 e. The molecule has 1 unspecified atom stereocenters. The summed E-state index contributed by atoms with van der Waals surface area (Å²) in [7, 11) is 0. The maximum Gasteiger partial charge on any atom is 0.123 e. The lowest BCUT2D eigenvalue weighted by Crippen LogP contribution is -2.06. The lowest BCUT2D eigenvalue weighted by atomic mass is 9.93. The molecule has 2 rings (SSSR count). The molecular formula is C15H12Cl3F. The number of hydrogen-bond donors (Lipinski definition) is 0. The van der Waals surface area contributed by atoms with Gasteiger partial charge < -0.3 is 0 Å². The molecule has 0 N–H and O–H groups in total. The highest BCUT2D eigenvalue weighted by Gasteiger charge is 2.15. The van der Waals surface area contributed by atoms with E-state index in [2.05, 4.69) is 0 Å². The van der Waals surface area contributed by atoms with Gasteiger partial charge >= 0.3 is 0 Å². The second-order valence-corrected chi connectivity index (χ2v) is 5.43. The molecule has 0 nitrogen and oxygen atoms in total. The summed E-state index contributed by atoms with van der Waals surface area (Å²) in [5, 5.41) is 1.22. The van der Waals surface area contributed by atoms with Gasteiger partial charge in [-0.25, -0.2) is 4.39 Å². The maximum atomic E-state index is 13.3. The predicted molar refractivity (Wildman–Crippen MR) is 80.0 cm³/mol. The molecule has 0 amide bonds. The van der Waals surface area contributed by atoms with E-state index in [4.69, 9.17) is 34.8 Å². The fourth-order valence-electron chi connectivity index (χ4n) is 2.00. The molecule has 100 valence electrons. The zero-order valence-corrected chi connectivity index (χ0v) is 12.3. The van der Waals surface area contributed by atoms with Gasteiger partial charge in [0.2, 0.25) is 0 Å². The molecule has 0 heterocycles. The average Bonchev–Trinajstić information content (AvgIpc) is 2.38. The number of hydrogen-bond acceptors (Lipinski definition) is 0. The summed E-state index contributed by atoms with van der Waals surface area (Å²) in [6.45, 7) is 0. The summed E-state index contributed by atoms with van der Waals surface area (Å²) in [5.74, 6) is 0.0954. The normalized spacial score (nSPS) is 12.4. The predicted octanol–water partition coefficient (Wildman–Crippen LogP) is 5.70. The van der Waals surface area contributed by atoms with Crippen LogP contribution in [0.15, 0.2) is 42.5 Å². The van der Waals surface area contributed by atoms with Crippen molar-refractivity contribution in [1.29, 1.82) is 0 Å². The van der Waals surface area contributed by atoms with Crippen molar-refractivity contribution in [2.45, 2.75) is 12.3 Å². The lowest BCUT2D eigenvalue weighted by Gasteiger charge is -2.16. The van der Waals surface area contributed by atoms with E-state index in [0.717, 1.165) is 11.1 Å². The molecule has 2 aromatic carbocycles. The van der Waals surface area contributed by atoms with Crippen LogP contribution in [0.25, 0.3) is 0 Å². The molecule has 0 spiro atoms.